The van der Waals surface area contributed by atoms with Crippen LogP contribution < -0.4 is 0 Å². The van der Waals surface area contributed by atoms with Crippen molar-refractivity contribution in [2.24, 2.45) is 7.05 Å². The summed E-state index contributed by atoms with van der Waals surface area (Å²) in [5.41, 5.74) is 2.74. The second-order valence-corrected chi connectivity index (χ2v) is 5.66. The lowest BCUT2D eigenvalue weighted by atomic mass is 9.90. The highest BCUT2D eigenvalue weighted by molar-refractivity contribution is 6.31. The Kier molecular flexibility index (Phi) is 3.70. The average Bonchev–Trinajstić information content (AvgIpc) is 2.56. The smallest absolute Gasteiger partial charge is 0.0924 e. The van der Waals surface area contributed by atoms with Crippen molar-refractivity contribution in [1.29, 1.82) is 0 Å². The van der Waals surface area contributed by atoms with Gasteiger partial charge in [0.05, 0.1) is 22.0 Å². The maximum atomic E-state index is 10.7. The molecule has 0 aliphatic heterocycles. The van der Waals surface area contributed by atoms with Gasteiger partial charge in [-0.2, -0.15) is 5.10 Å². The van der Waals surface area contributed by atoms with Gasteiger partial charge in [-0.15, -0.1) is 0 Å². The van der Waals surface area contributed by atoms with Gasteiger partial charge in [-0.3, -0.25) is 4.68 Å². The van der Waals surface area contributed by atoms with Gasteiger partial charge in [0.1, 0.15) is 0 Å². The molecule has 0 aliphatic rings. The van der Waals surface area contributed by atoms with E-state index >= 15 is 0 Å². The van der Waals surface area contributed by atoms with Crippen molar-refractivity contribution < 1.29 is 5.11 Å². The van der Waals surface area contributed by atoms with Crippen LogP contribution in [0.5, 0.6) is 0 Å². The zero-order chi connectivity index (χ0) is 14.2. The normalized spacial score (nSPS) is 14.4. The summed E-state index contributed by atoms with van der Waals surface area (Å²) in [4.78, 5) is 0. The molecule has 0 spiro atoms. The van der Waals surface area contributed by atoms with Crippen LogP contribution in [-0.4, -0.2) is 14.9 Å². The van der Waals surface area contributed by atoms with Crippen LogP contribution in [0.25, 0.3) is 0 Å². The molecule has 0 bridgehead atoms. The molecule has 1 aromatic heterocycles. The summed E-state index contributed by atoms with van der Waals surface area (Å²) in [6.45, 7) is 5.70. The fraction of sp³-hybridized carbons (Fsp3) is 0.400. The minimum Gasteiger partial charge on any atom is -0.385 e. The number of rotatable bonds is 3. The van der Waals surface area contributed by atoms with Gasteiger partial charge in [0.2, 0.25) is 0 Å². The van der Waals surface area contributed by atoms with Crippen LogP contribution in [0.2, 0.25) is 5.02 Å². The van der Waals surface area contributed by atoms with E-state index < -0.39 is 5.60 Å². The van der Waals surface area contributed by atoms with Gasteiger partial charge in [0.15, 0.2) is 0 Å². The monoisotopic (exact) mass is 278 g/mol. The first kappa shape index (κ1) is 14.1. The van der Waals surface area contributed by atoms with Crippen LogP contribution in [0, 0.1) is 13.8 Å². The van der Waals surface area contributed by atoms with E-state index in [1.165, 1.54) is 5.56 Å². The molecule has 1 atom stereocenters. The molecule has 3 nitrogen and oxygen atoms in total. The molecule has 0 aliphatic carbocycles. The predicted octanol–water partition coefficient (Wildman–Crippen LogP) is 3.14. The van der Waals surface area contributed by atoms with Gasteiger partial charge < -0.3 is 5.11 Å². The molecule has 0 fully saturated rings. The fourth-order valence-electron chi connectivity index (χ4n) is 2.21. The van der Waals surface area contributed by atoms with Crippen molar-refractivity contribution in [2.45, 2.75) is 32.8 Å². The lowest BCUT2D eigenvalue weighted by molar-refractivity contribution is 0.0556. The molecule has 1 unspecified atom stereocenters. The maximum Gasteiger partial charge on any atom is 0.0924 e. The Morgan fingerprint density at radius 1 is 1.26 bits per heavy atom. The van der Waals surface area contributed by atoms with Crippen LogP contribution in [0.1, 0.15) is 29.4 Å². The summed E-state index contributed by atoms with van der Waals surface area (Å²) in [6, 6.07) is 7.90. The van der Waals surface area contributed by atoms with Crippen LogP contribution in [0.3, 0.4) is 0 Å². The molecule has 0 saturated heterocycles. The highest BCUT2D eigenvalue weighted by atomic mass is 35.5. The molecule has 1 N–H and O–H groups in total. The topological polar surface area (TPSA) is 38.1 Å². The summed E-state index contributed by atoms with van der Waals surface area (Å²) in [5, 5.41) is 15.6. The van der Waals surface area contributed by atoms with E-state index in [2.05, 4.69) is 5.10 Å². The second-order valence-electron chi connectivity index (χ2n) is 5.29. The highest BCUT2D eigenvalue weighted by Crippen LogP contribution is 2.29. The Bertz CT molecular complexity index is 585. The number of benzene rings is 1. The number of aromatic nitrogens is 2. The largest absolute Gasteiger partial charge is 0.385 e. The average molecular weight is 279 g/mol. The summed E-state index contributed by atoms with van der Waals surface area (Å²) in [5.74, 6) is 0. The molecule has 2 aromatic rings. The van der Waals surface area contributed by atoms with Gasteiger partial charge >= 0.3 is 0 Å². The number of hydrogen-bond acceptors (Lipinski definition) is 2. The van der Waals surface area contributed by atoms with Gasteiger partial charge in [0.25, 0.3) is 0 Å². The van der Waals surface area contributed by atoms with Crippen LogP contribution >= 0.6 is 11.6 Å². The van der Waals surface area contributed by atoms with E-state index in [0.717, 1.165) is 17.0 Å². The van der Waals surface area contributed by atoms with Gasteiger partial charge in [0, 0.05) is 13.5 Å². The predicted molar refractivity (Wildman–Crippen MR) is 77.4 cm³/mol. The molecule has 1 heterocycles. The Balaban J connectivity index is 2.33. The van der Waals surface area contributed by atoms with E-state index in [9.17, 15) is 5.11 Å². The van der Waals surface area contributed by atoms with Crippen molar-refractivity contribution in [2.75, 3.05) is 0 Å². The lowest BCUT2D eigenvalue weighted by Crippen LogP contribution is -2.25. The van der Waals surface area contributed by atoms with Crippen molar-refractivity contribution in [3.05, 3.63) is 51.8 Å². The number of aryl methyl sites for hydroxylation is 3. The molecule has 2 rings (SSSR count). The van der Waals surface area contributed by atoms with E-state index in [0.29, 0.717) is 11.4 Å². The van der Waals surface area contributed by atoms with Crippen molar-refractivity contribution in [3.63, 3.8) is 0 Å². The van der Waals surface area contributed by atoms with Crippen molar-refractivity contribution >= 4 is 11.6 Å². The summed E-state index contributed by atoms with van der Waals surface area (Å²) in [7, 11) is 1.85. The van der Waals surface area contributed by atoms with E-state index in [4.69, 9.17) is 11.6 Å². The molecule has 0 radical (unpaired) electrons. The molecule has 0 saturated carbocycles. The molecule has 102 valence electrons. The van der Waals surface area contributed by atoms with Gasteiger partial charge in [-0.25, -0.2) is 0 Å². The van der Waals surface area contributed by atoms with Crippen LogP contribution in [0.15, 0.2) is 24.3 Å². The third-order valence-corrected chi connectivity index (χ3v) is 3.94. The zero-order valence-corrected chi connectivity index (χ0v) is 12.5. The summed E-state index contributed by atoms with van der Waals surface area (Å²) >= 11 is 6.24. The number of aliphatic hydroxyl groups is 1. The van der Waals surface area contributed by atoms with E-state index in [1.54, 1.807) is 11.6 Å². The van der Waals surface area contributed by atoms with E-state index in [1.807, 2.05) is 45.2 Å². The number of hydrogen-bond donors (Lipinski definition) is 1. The summed E-state index contributed by atoms with van der Waals surface area (Å²) < 4.78 is 1.74. The van der Waals surface area contributed by atoms with E-state index in [-0.39, 0.29) is 0 Å². The number of halogens is 1. The van der Waals surface area contributed by atoms with Gasteiger partial charge in [-0.1, -0.05) is 41.4 Å². The maximum absolute atomic E-state index is 10.7. The standard InChI is InChI=1S/C15H19ClN2O/c1-10-5-7-12(8-6-10)15(3,19)9-13-14(16)11(2)17-18(13)4/h5-8,19H,9H2,1-4H3. The Morgan fingerprint density at radius 2 is 1.84 bits per heavy atom. The third-order valence-electron chi connectivity index (χ3n) is 3.45. The molecular formula is C15H19ClN2O. The lowest BCUT2D eigenvalue weighted by Gasteiger charge is -2.24. The number of nitrogens with zero attached hydrogens (tertiary/aromatic N) is 2. The van der Waals surface area contributed by atoms with Crippen molar-refractivity contribution in [3.8, 4) is 0 Å². The molecule has 1 aromatic carbocycles. The molecular weight excluding hydrogens is 260 g/mol. The van der Waals surface area contributed by atoms with Crippen LogP contribution in [0.4, 0.5) is 0 Å². The quantitative estimate of drug-likeness (QED) is 0.937. The minimum atomic E-state index is -0.961. The minimum absolute atomic E-state index is 0.437. The molecule has 0 amide bonds. The Morgan fingerprint density at radius 3 is 2.32 bits per heavy atom. The molecule has 19 heavy (non-hydrogen) atoms. The first-order chi connectivity index (χ1) is 8.81. The third kappa shape index (κ3) is 2.82. The van der Waals surface area contributed by atoms with Crippen molar-refractivity contribution in [1.82, 2.24) is 9.78 Å². The zero-order valence-electron chi connectivity index (χ0n) is 11.7. The van der Waals surface area contributed by atoms with Gasteiger partial charge in [-0.05, 0) is 26.3 Å². The highest BCUT2D eigenvalue weighted by Gasteiger charge is 2.27. The molecule has 4 heteroatoms. The second kappa shape index (κ2) is 4.99. The Labute approximate surface area is 118 Å². The SMILES string of the molecule is Cc1ccc(C(C)(O)Cc2c(Cl)c(C)nn2C)cc1. The van der Waals surface area contributed by atoms with Crippen LogP contribution in [-0.2, 0) is 19.1 Å². The first-order valence-electron chi connectivity index (χ1n) is 6.29. The summed E-state index contributed by atoms with van der Waals surface area (Å²) in [6.07, 6.45) is 0.437. The fourth-order valence-corrected chi connectivity index (χ4v) is 2.44. The first-order valence-corrected chi connectivity index (χ1v) is 6.66. The Hall–Kier alpha value is -1.32.